The van der Waals surface area contributed by atoms with Gasteiger partial charge in [-0.1, -0.05) is 24.6 Å². The minimum atomic E-state index is 0.541. The number of anilines is 1. The second-order valence-corrected chi connectivity index (χ2v) is 4.64. The molecule has 0 fully saturated rings. The van der Waals surface area contributed by atoms with Gasteiger partial charge in [-0.3, -0.25) is 0 Å². The zero-order valence-electron chi connectivity index (χ0n) is 9.37. The van der Waals surface area contributed by atoms with E-state index < -0.39 is 0 Å². The Labute approximate surface area is 106 Å². The molecule has 3 nitrogen and oxygen atoms in total. The summed E-state index contributed by atoms with van der Waals surface area (Å²) in [5.41, 5.74) is 0.984. The number of halogens is 1. The second kappa shape index (κ2) is 7.52. The third-order valence-corrected chi connectivity index (χ3v) is 3.31. The van der Waals surface area contributed by atoms with E-state index in [1.54, 1.807) is 0 Å². The van der Waals surface area contributed by atoms with Gasteiger partial charge in [-0.25, -0.2) is 9.97 Å². The number of rotatable bonds is 7. The Kier molecular flexibility index (Phi) is 6.26. The first-order valence-electron chi connectivity index (χ1n) is 5.21. The van der Waals surface area contributed by atoms with Crippen LogP contribution in [0, 0.1) is 0 Å². The Morgan fingerprint density at radius 3 is 3.06 bits per heavy atom. The Balaban J connectivity index is 2.47. The van der Waals surface area contributed by atoms with Crippen molar-refractivity contribution in [2.24, 2.45) is 0 Å². The van der Waals surface area contributed by atoms with Crippen LogP contribution in [0.4, 0.5) is 5.82 Å². The summed E-state index contributed by atoms with van der Waals surface area (Å²) in [6.07, 6.45) is 4.23. The molecule has 5 heteroatoms. The van der Waals surface area contributed by atoms with Crippen molar-refractivity contribution < 1.29 is 0 Å². The van der Waals surface area contributed by atoms with E-state index in [1.807, 2.05) is 24.8 Å². The van der Waals surface area contributed by atoms with Crippen molar-refractivity contribution in [3.05, 3.63) is 29.7 Å². The fourth-order valence-electron chi connectivity index (χ4n) is 1.26. The number of aromatic nitrogens is 2. The molecule has 88 valence electrons. The van der Waals surface area contributed by atoms with Crippen LogP contribution in [0.1, 0.15) is 12.5 Å². The van der Waals surface area contributed by atoms with E-state index in [-0.39, 0.29) is 0 Å². The summed E-state index contributed by atoms with van der Waals surface area (Å²) in [5.74, 6) is 2.85. The third-order valence-electron chi connectivity index (χ3n) is 2.02. The number of hydrogen-bond donors (Lipinski definition) is 1. The van der Waals surface area contributed by atoms with E-state index in [4.69, 9.17) is 11.6 Å². The lowest BCUT2D eigenvalue weighted by molar-refractivity contribution is 1.03. The molecule has 0 saturated heterocycles. The molecule has 16 heavy (non-hydrogen) atoms. The molecule has 1 rings (SSSR count). The summed E-state index contributed by atoms with van der Waals surface area (Å²) in [6.45, 7) is 6.59. The Morgan fingerprint density at radius 2 is 2.38 bits per heavy atom. The molecule has 0 radical (unpaired) electrons. The van der Waals surface area contributed by atoms with Crippen LogP contribution in [-0.4, -0.2) is 28.0 Å². The molecule has 0 spiro atoms. The summed E-state index contributed by atoms with van der Waals surface area (Å²) in [4.78, 5) is 8.16. The quantitative estimate of drug-likeness (QED) is 0.463. The molecule has 0 saturated carbocycles. The van der Waals surface area contributed by atoms with Crippen LogP contribution in [0.2, 0.25) is 5.15 Å². The van der Waals surface area contributed by atoms with Gasteiger partial charge in [-0.05, 0) is 6.42 Å². The van der Waals surface area contributed by atoms with Crippen molar-refractivity contribution in [2.75, 3.05) is 23.4 Å². The van der Waals surface area contributed by atoms with Crippen LogP contribution in [0.3, 0.4) is 0 Å². The standard InChI is InChI=1S/C11H16ClN3S/c1-3-6-16-7-5-13-11-9(4-2)10(12)14-8-15-11/h3,8H,1,4-7H2,2H3,(H,13,14,15). The smallest absolute Gasteiger partial charge is 0.137 e. The Hall–Kier alpha value is -0.740. The van der Waals surface area contributed by atoms with Gasteiger partial charge in [0.2, 0.25) is 0 Å². The van der Waals surface area contributed by atoms with Crippen molar-refractivity contribution in [1.82, 2.24) is 9.97 Å². The van der Waals surface area contributed by atoms with Crippen LogP contribution < -0.4 is 5.32 Å². The highest BCUT2D eigenvalue weighted by molar-refractivity contribution is 7.99. The Bertz CT molecular complexity index is 344. The number of nitrogens with one attached hydrogen (secondary N) is 1. The molecule has 0 aliphatic heterocycles. The van der Waals surface area contributed by atoms with Crippen molar-refractivity contribution in [1.29, 1.82) is 0 Å². The summed E-state index contributed by atoms with van der Waals surface area (Å²) in [5, 5.41) is 3.81. The van der Waals surface area contributed by atoms with Crippen molar-refractivity contribution in [3.8, 4) is 0 Å². The molecule has 1 N–H and O–H groups in total. The summed E-state index contributed by atoms with van der Waals surface area (Å²) in [6, 6.07) is 0. The molecule has 0 amide bonds. The maximum Gasteiger partial charge on any atom is 0.137 e. The molecule has 1 heterocycles. The predicted octanol–water partition coefficient (Wildman–Crippen LogP) is 3.02. The van der Waals surface area contributed by atoms with E-state index >= 15 is 0 Å². The molecule has 1 aromatic rings. The first-order chi connectivity index (χ1) is 7.79. The van der Waals surface area contributed by atoms with E-state index in [1.165, 1.54) is 6.33 Å². The predicted molar refractivity (Wildman–Crippen MR) is 72.4 cm³/mol. The molecule has 0 bridgehead atoms. The summed E-state index contributed by atoms with van der Waals surface area (Å²) >= 11 is 7.82. The van der Waals surface area contributed by atoms with Crippen LogP contribution in [-0.2, 0) is 6.42 Å². The van der Waals surface area contributed by atoms with Gasteiger partial charge in [0.15, 0.2) is 0 Å². The lowest BCUT2D eigenvalue weighted by atomic mass is 10.2. The van der Waals surface area contributed by atoms with Crippen molar-refractivity contribution in [2.45, 2.75) is 13.3 Å². The molecule has 0 aliphatic rings. The molecule has 0 unspecified atom stereocenters. The average molecular weight is 258 g/mol. The minimum Gasteiger partial charge on any atom is -0.369 e. The van der Waals surface area contributed by atoms with Gasteiger partial charge in [0.1, 0.15) is 17.3 Å². The number of hydrogen-bond acceptors (Lipinski definition) is 4. The monoisotopic (exact) mass is 257 g/mol. The van der Waals surface area contributed by atoms with Gasteiger partial charge in [0.25, 0.3) is 0 Å². The zero-order chi connectivity index (χ0) is 11.8. The van der Waals surface area contributed by atoms with E-state index in [0.29, 0.717) is 5.15 Å². The topological polar surface area (TPSA) is 37.8 Å². The number of thioether (sulfide) groups is 1. The van der Waals surface area contributed by atoms with Gasteiger partial charge in [-0.2, -0.15) is 11.8 Å². The molecular formula is C11H16ClN3S. The first-order valence-corrected chi connectivity index (χ1v) is 6.74. The van der Waals surface area contributed by atoms with Crippen LogP contribution in [0.15, 0.2) is 19.0 Å². The highest BCUT2D eigenvalue weighted by atomic mass is 35.5. The second-order valence-electron chi connectivity index (χ2n) is 3.14. The molecule has 0 aliphatic carbocycles. The summed E-state index contributed by atoms with van der Waals surface area (Å²) in [7, 11) is 0. The van der Waals surface area contributed by atoms with Crippen LogP contribution >= 0.6 is 23.4 Å². The zero-order valence-corrected chi connectivity index (χ0v) is 10.9. The maximum absolute atomic E-state index is 5.98. The number of nitrogens with zero attached hydrogens (tertiary/aromatic N) is 2. The highest BCUT2D eigenvalue weighted by Crippen LogP contribution is 2.19. The Morgan fingerprint density at radius 1 is 1.56 bits per heavy atom. The van der Waals surface area contributed by atoms with E-state index in [0.717, 1.165) is 35.9 Å². The highest BCUT2D eigenvalue weighted by Gasteiger charge is 2.06. The fraction of sp³-hybridized carbons (Fsp3) is 0.455. The molecular weight excluding hydrogens is 242 g/mol. The maximum atomic E-state index is 5.98. The lowest BCUT2D eigenvalue weighted by Crippen LogP contribution is -2.09. The molecule has 0 atom stereocenters. The third kappa shape index (κ3) is 4.02. The normalized spacial score (nSPS) is 10.1. The first kappa shape index (κ1) is 13.3. The van der Waals surface area contributed by atoms with Gasteiger partial charge in [0.05, 0.1) is 0 Å². The van der Waals surface area contributed by atoms with Gasteiger partial charge in [0, 0.05) is 23.6 Å². The van der Waals surface area contributed by atoms with Crippen molar-refractivity contribution >= 4 is 29.2 Å². The largest absolute Gasteiger partial charge is 0.369 e. The van der Waals surface area contributed by atoms with Gasteiger partial charge >= 0.3 is 0 Å². The van der Waals surface area contributed by atoms with Crippen LogP contribution in [0.25, 0.3) is 0 Å². The van der Waals surface area contributed by atoms with Gasteiger partial charge < -0.3 is 5.32 Å². The fourth-order valence-corrected chi connectivity index (χ4v) is 2.11. The minimum absolute atomic E-state index is 0.541. The van der Waals surface area contributed by atoms with E-state index in [9.17, 15) is 0 Å². The molecule has 0 aromatic carbocycles. The lowest BCUT2D eigenvalue weighted by Gasteiger charge is -2.09. The van der Waals surface area contributed by atoms with Crippen molar-refractivity contribution in [3.63, 3.8) is 0 Å². The van der Waals surface area contributed by atoms with Crippen LogP contribution in [0.5, 0.6) is 0 Å². The SMILES string of the molecule is C=CCSCCNc1ncnc(Cl)c1CC. The van der Waals surface area contributed by atoms with E-state index in [2.05, 4.69) is 21.9 Å². The average Bonchev–Trinajstić information content (AvgIpc) is 2.29. The molecule has 1 aromatic heterocycles. The summed E-state index contributed by atoms with van der Waals surface area (Å²) < 4.78 is 0. The van der Waals surface area contributed by atoms with Gasteiger partial charge in [-0.15, -0.1) is 6.58 Å².